The molecular formula is C21H24N4O2. The van der Waals surface area contributed by atoms with Crippen molar-refractivity contribution in [3.05, 3.63) is 65.9 Å². The van der Waals surface area contributed by atoms with Gasteiger partial charge in [-0.25, -0.2) is 4.98 Å². The lowest BCUT2D eigenvalue weighted by Gasteiger charge is -2.12. The fourth-order valence-corrected chi connectivity index (χ4v) is 2.71. The number of anilines is 3. The highest BCUT2D eigenvalue weighted by Crippen LogP contribution is 2.26. The molecule has 2 N–H and O–H groups in total. The van der Waals surface area contributed by atoms with Crippen LogP contribution < -0.4 is 20.1 Å². The second-order valence-corrected chi connectivity index (χ2v) is 6.07. The summed E-state index contributed by atoms with van der Waals surface area (Å²) in [6, 6.07) is 17.7. The number of para-hydroxylation sites is 2. The standard InChI is InChI=1S/C21H24N4O2/c1-15-14-20(24-18-6-4-5-7-19(18)27-3)25-21(23-15)22-13-12-16-8-10-17(26-2)11-9-16/h4-11,14H,12-13H2,1-3H3,(H2,22,23,24,25). The van der Waals surface area contributed by atoms with Gasteiger partial charge in [0.1, 0.15) is 17.3 Å². The number of aromatic nitrogens is 2. The maximum atomic E-state index is 5.38. The first-order valence-corrected chi connectivity index (χ1v) is 8.80. The molecule has 0 saturated heterocycles. The van der Waals surface area contributed by atoms with E-state index in [1.807, 2.05) is 49.4 Å². The third kappa shape index (κ3) is 5.10. The molecule has 0 fully saturated rings. The third-order valence-electron chi connectivity index (χ3n) is 4.08. The van der Waals surface area contributed by atoms with Crippen LogP contribution in [0, 0.1) is 6.92 Å². The molecule has 1 aromatic heterocycles. The van der Waals surface area contributed by atoms with Gasteiger partial charge in [0.15, 0.2) is 0 Å². The summed E-state index contributed by atoms with van der Waals surface area (Å²) in [6.07, 6.45) is 0.872. The number of ether oxygens (including phenoxy) is 2. The van der Waals surface area contributed by atoms with E-state index < -0.39 is 0 Å². The second-order valence-electron chi connectivity index (χ2n) is 6.07. The van der Waals surface area contributed by atoms with E-state index in [4.69, 9.17) is 9.47 Å². The van der Waals surface area contributed by atoms with E-state index in [9.17, 15) is 0 Å². The highest BCUT2D eigenvalue weighted by atomic mass is 16.5. The third-order valence-corrected chi connectivity index (χ3v) is 4.08. The average Bonchev–Trinajstić information content (AvgIpc) is 2.68. The fourth-order valence-electron chi connectivity index (χ4n) is 2.71. The van der Waals surface area contributed by atoms with E-state index >= 15 is 0 Å². The molecule has 0 unspecified atom stereocenters. The number of methoxy groups -OCH3 is 2. The number of rotatable bonds is 8. The van der Waals surface area contributed by atoms with Gasteiger partial charge in [-0.15, -0.1) is 0 Å². The van der Waals surface area contributed by atoms with Gasteiger partial charge >= 0.3 is 0 Å². The van der Waals surface area contributed by atoms with Crippen LogP contribution in [0.5, 0.6) is 11.5 Å². The van der Waals surface area contributed by atoms with E-state index in [1.165, 1.54) is 5.56 Å². The van der Waals surface area contributed by atoms with Crippen molar-refractivity contribution in [3.63, 3.8) is 0 Å². The summed E-state index contributed by atoms with van der Waals surface area (Å²) in [6.45, 7) is 2.69. The Hall–Kier alpha value is -3.28. The number of benzene rings is 2. The zero-order chi connectivity index (χ0) is 19.1. The molecule has 0 bridgehead atoms. The second kappa shape index (κ2) is 8.89. The smallest absolute Gasteiger partial charge is 0.224 e. The molecule has 0 aliphatic rings. The Balaban J connectivity index is 1.64. The minimum Gasteiger partial charge on any atom is -0.497 e. The predicted octanol–water partition coefficient (Wildman–Crippen LogP) is 4.20. The van der Waals surface area contributed by atoms with E-state index in [0.29, 0.717) is 5.95 Å². The molecule has 6 heteroatoms. The lowest BCUT2D eigenvalue weighted by Crippen LogP contribution is -2.09. The van der Waals surface area contributed by atoms with Gasteiger partial charge in [0.05, 0.1) is 19.9 Å². The minimum atomic E-state index is 0.598. The summed E-state index contributed by atoms with van der Waals surface area (Å²) in [5, 5.41) is 6.59. The molecule has 27 heavy (non-hydrogen) atoms. The molecule has 0 aliphatic carbocycles. The van der Waals surface area contributed by atoms with Gasteiger partial charge in [0.25, 0.3) is 0 Å². The molecule has 0 spiro atoms. The quantitative estimate of drug-likeness (QED) is 0.624. The van der Waals surface area contributed by atoms with Crippen molar-refractivity contribution in [1.82, 2.24) is 9.97 Å². The van der Waals surface area contributed by atoms with Crippen LogP contribution in [0.1, 0.15) is 11.3 Å². The SMILES string of the molecule is COc1ccc(CCNc2nc(C)cc(Nc3ccccc3OC)n2)cc1. The van der Waals surface area contributed by atoms with E-state index in [1.54, 1.807) is 14.2 Å². The van der Waals surface area contributed by atoms with E-state index in [0.717, 1.165) is 41.7 Å². The van der Waals surface area contributed by atoms with Gasteiger partial charge in [-0.3, -0.25) is 0 Å². The Morgan fingerprint density at radius 1 is 0.926 bits per heavy atom. The van der Waals surface area contributed by atoms with Gasteiger partial charge in [-0.1, -0.05) is 24.3 Å². The summed E-state index contributed by atoms with van der Waals surface area (Å²) in [7, 11) is 3.32. The molecule has 0 aliphatic heterocycles. The molecule has 3 aromatic rings. The summed E-state index contributed by atoms with van der Waals surface area (Å²) in [4.78, 5) is 9.02. The molecular weight excluding hydrogens is 340 g/mol. The lowest BCUT2D eigenvalue weighted by atomic mass is 10.1. The normalized spacial score (nSPS) is 10.3. The molecule has 2 aromatic carbocycles. The van der Waals surface area contributed by atoms with Crippen molar-refractivity contribution in [2.75, 3.05) is 31.4 Å². The Bertz CT molecular complexity index is 882. The van der Waals surface area contributed by atoms with Gasteiger partial charge in [0, 0.05) is 18.3 Å². The Kier molecular flexibility index (Phi) is 6.10. The highest BCUT2D eigenvalue weighted by molar-refractivity contribution is 5.64. The first-order chi connectivity index (χ1) is 13.2. The van der Waals surface area contributed by atoms with Crippen molar-refractivity contribution < 1.29 is 9.47 Å². The van der Waals surface area contributed by atoms with Crippen LogP contribution in [-0.4, -0.2) is 30.7 Å². The van der Waals surface area contributed by atoms with Crippen LogP contribution in [0.2, 0.25) is 0 Å². The van der Waals surface area contributed by atoms with Gasteiger partial charge < -0.3 is 20.1 Å². The maximum absolute atomic E-state index is 5.38. The zero-order valence-electron chi connectivity index (χ0n) is 15.8. The first-order valence-electron chi connectivity index (χ1n) is 8.80. The lowest BCUT2D eigenvalue weighted by molar-refractivity contribution is 0.414. The van der Waals surface area contributed by atoms with Gasteiger partial charge in [-0.2, -0.15) is 4.98 Å². The van der Waals surface area contributed by atoms with E-state index in [2.05, 4.69) is 32.7 Å². The maximum Gasteiger partial charge on any atom is 0.224 e. The molecule has 6 nitrogen and oxygen atoms in total. The van der Waals surface area contributed by atoms with Crippen LogP contribution in [0.25, 0.3) is 0 Å². The van der Waals surface area contributed by atoms with Crippen LogP contribution in [0.3, 0.4) is 0 Å². The summed E-state index contributed by atoms with van der Waals surface area (Å²) >= 11 is 0. The van der Waals surface area contributed by atoms with Crippen molar-refractivity contribution in [2.24, 2.45) is 0 Å². The molecule has 0 atom stereocenters. The van der Waals surface area contributed by atoms with Crippen LogP contribution >= 0.6 is 0 Å². The zero-order valence-corrected chi connectivity index (χ0v) is 15.8. The summed E-state index contributed by atoms with van der Waals surface area (Å²) in [5.74, 6) is 2.95. The largest absolute Gasteiger partial charge is 0.497 e. The topological polar surface area (TPSA) is 68.3 Å². The summed E-state index contributed by atoms with van der Waals surface area (Å²) < 4.78 is 10.6. The minimum absolute atomic E-state index is 0.598. The van der Waals surface area contributed by atoms with Crippen LogP contribution in [-0.2, 0) is 6.42 Å². The monoisotopic (exact) mass is 364 g/mol. The van der Waals surface area contributed by atoms with Gasteiger partial charge in [0.2, 0.25) is 5.95 Å². The number of hydrogen-bond acceptors (Lipinski definition) is 6. The van der Waals surface area contributed by atoms with Crippen LogP contribution in [0.4, 0.5) is 17.5 Å². The molecule has 3 rings (SSSR count). The fraction of sp³-hybridized carbons (Fsp3) is 0.238. The van der Waals surface area contributed by atoms with Crippen molar-refractivity contribution >= 4 is 17.5 Å². The van der Waals surface area contributed by atoms with Crippen molar-refractivity contribution in [3.8, 4) is 11.5 Å². The van der Waals surface area contributed by atoms with Crippen molar-refractivity contribution in [2.45, 2.75) is 13.3 Å². The number of aryl methyl sites for hydroxylation is 1. The summed E-state index contributed by atoms with van der Waals surface area (Å²) in [5.41, 5.74) is 2.97. The molecule has 0 amide bonds. The molecule has 0 radical (unpaired) electrons. The Morgan fingerprint density at radius 3 is 2.44 bits per heavy atom. The predicted molar refractivity (Wildman–Crippen MR) is 108 cm³/mol. The average molecular weight is 364 g/mol. The van der Waals surface area contributed by atoms with Gasteiger partial charge in [-0.05, 0) is 43.2 Å². The van der Waals surface area contributed by atoms with Crippen LogP contribution in [0.15, 0.2) is 54.6 Å². The molecule has 1 heterocycles. The Morgan fingerprint density at radius 2 is 1.70 bits per heavy atom. The number of nitrogens with zero attached hydrogens (tertiary/aromatic N) is 2. The highest BCUT2D eigenvalue weighted by Gasteiger charge is 2.06. The number of hydrogen-bond donors (Lipinski definition) is 2. The molecule has 0 saturated carbocycles. The van der Waals surface area contributed by atoms with E-state index in [-0.39, 0.29) is 0 Å². The first kappa shape index (κ1) is 18.5. The molecule has 140 valence electrons. The van der Waals surface area contributed by atoms with Crippen molar-refractivity contribution in [1.29, 1.82) is 0 Å². The Labute approximate surface area is 159 Å². The number of nitrogens with one attached hydrogen (secondary N) is 2.